The summed E-state index contributed by atoms with van der Waals surface area (Å²) in [7, 11) is 3.73. The van der Waals surface area contributed by atoms with Crippen LogP contribution in [0, 0.1) is 0 Å². The summed E-state index contributed by atoms with van der Waals surface area (Å²) >= 11 is 0. The Morgan fingerprint density at radius 1 is 1.21 bits per heavy atom. The van der Waals surface area contributed by atoms with Crippen molar-refractivity contribution < 1.29 is 42.2 Å². The van der Waals surface area contributed by atoms with Gasteiger partial charge in [0.1, 0.15) is 5.52 Å². The summed E-state index contributed by atoms with van der Waals surface area (Å²) in [5.74, 6) is -2.85. The van der Waals surface area contributed by atoms with Crippen LogP contribution in [-0.4, -0.2) is 65.6 Å². The summed E-state index contributed by atoms with van der Waals surface area (Å²) in [4.78, 5) is 27.1. The fourth-order valence-electron chi connectivity index (χ4n) is 2.70. The molecule has 1 aromatic heterocycles. The number of aromatic nitrogens is 1. The van der Waals surface area contributed by atoms with Crippen molar-refractivity contribution in [3.05, 3.63) is 53.6 Å². The minimum absolute atomic E-state index is 0.313. The Balaban J connectivity index is 0.000000479. The van der Waals surface area contributed by atoms with Crippen LogP contribution in [-0.2, 0) is 16.1 Å². The van der Waals surface area contributed by atoms with Crippen molar-refractivity contribution in [2.45, 2.75) is 12.7 Å². The van der Waals surface area contributed by atoms with Crippen LogP contribution >= 0.6 is 0 Å². The zero-order chi connectivity index (χ0) is 24.6. The molecule has 0 atom stereocenters. The van der Waals surface area contributed by atoms with Crippen LogP contribution in [0.3, 0.4) is 0 Å². The van der Waals surface area contributed by atoms with Gasteiger partial charge in [0.15, 0.2) is 5.58 Å². The lowest BCUT2D eigenvalue weighted by Gasteiger charge is -2.16. The molecule has 2 aromatic carbocycles. The Hall–Kier alpha value is -3.48. The quantitative estimate of drug-likeness (QED) is 0.356. The van der Waals surface area contributed by atoms with Crippen molar-refractivity contribution in [1.82, 2.24) is 15.4 Å². The minimum atomic E-state index is -5.08. The van der Waals surface area contributed by atoms with Crippen LogP contribution in [0.25, 0.3) is 22.6 Å². The molecule has 0 spiro atoms. The first kappa shape index (κ1) is 25.8. The highest BCUT2D eigenvalue weighted by Crippen LogP contribution is 2.26. The number of alkyl halides is 3. The number of methoxy groups -OCH3 is 1. The summed E-state index contributed by atoms with van der Waals surface area (Å²) in [6.45, 7) is 2.32. The van der Waals surface area contributed by atoms with Crippen LogP contribution in [0.1, 0.15) is 15.9 Å². The van der Waals surface area contributed by atoms with Crippen molar-refractivity contribution >= 4 is 23.0 Å². The van der Waals surface area contributed by atoms with Gasteiger partial charge in [-0.1, -0.05) is 12.1 Å². The van der Waals surface area contributed by atoms with E-state index in [2.05, 4.69) is 16.0 Å². The highest BCUT2D eigenvalue weighted by Gasteiger charge is 2.38. The molecule has 0 aliphatic heterocycles. The van der Waals surface area contributed by atoms with E-state index in [0.717, 1.165) is 24.2 Å². The molecule has 3 N–H and O–H groups in total. The van der Waals surface area contributed by atoms with E-state index in [4.69, 9.17) is 24.3 Å². The molecule has 3 aromatic rings. The van der Waals surface area contributed by atoms with Crippen LogP contribution in [0.4, 0.5) is 13.2 Å². The number of ether oxygens (including phenoxy) is 1. The number of rotatable bonds is 7. The molecule has 12 heteroatoms. The number of carbonyl (C=O) groups excluding carboxylic acids is 1. The highest BCUT2D eigenvalue weighted by molar-refractivity contribution is 5.96. The van der Waals surface area contributed by atoms with E-state index in [-0.39, 0.29) is 0 Å². The molecule has 33 heavy (non-hydrogen) atoms. The van der Waals surface area contributed by atoms with E-state index in [1.165, 1.54) is 0 Å². The number of nitrogens with zero attached hydrogens (tertiary/aromatic N) is 2. The number of carbonyl (C=O) groups is 2. The van der Waals surface area contributed by atoms with Gasteiger partial charge in [-0.15, -0.1) is 0 Å². The fourth-order valence-corrected chi connectivity index (χ4v) is 2.70. The third-order valence-corrected chi connectivity index (χ3v) is 4.30. The van der Waals surface area contributed by atoms with Gasteiger partial charge in [-0.3, -0.25) is 14.9 Å². The average Bonchev–Trinajstić information content (AvgIpc) is 3.20. The first-order chi connectivity index (χ1) is 15.5. The number of amides is 1. The molecule has 0 unspecified atom stereocenters. The van der Waals surface area contributed by atoms with Crippen LogP contribution in [0.5, 0.6) is 0 Å². The molecule has 178 valence electrons. The lowest BCUT2D eigenvalue weighted by molar-refractivity contribution is -0.192. The smallest absolute Gasteiger partial charge is 0.475 e. The van der Waals surface area contributed by atoms with Gasteiger partial charge in [0.05, 0.1) is 6.61 Å². The molecule has 0 fully saturated rings. The van der Waals surface area contributed by atoms with Crippen molar-refractivity contribution in [3.63, 3.8) is 0 Å². The van der Waals surface area contributed by atoms with Gasteiger partial charge in [-0.05, 0) is 42.9 Å². The van der Waals surface area contributed by atoms with Crippen molar-refractivity contribution in [2.24, 2.45) is 0 Å². The predicted octanol–water partition coefficient (Wildman–Crippen LogP) is 3.33. The fraction of sp³-hybridized carbons (Fsp3) is 0.286. The topological polar surface area (TPSA) is 125 Å². The lowest BCUT2D eigenvalue weighted by Crippen LogP contribution is -2.22. The molecule has 1 heterocycles. The van der Waals surface area contributed by atoms with E-state index in [0.29, 0.717) is 29.2 Å². The molecular formula is C21H22F3N3O6. The van der Waals surface area contributed by atoms with Gasteiger partial charge in [0.2, 0.25) is 5.89 Å². The Kier molecular flexibility index (Phi) is 8.91. The number of nitrogens with one attached hydrogen (secondary N) is 1. The summed E-state index contributed by atoms with van der Waals surface area (Å²) in [6, 6.07) is 12.8. The predicted molar refractivity (Wildman–Crippen MR) is 111 cm³/mol. The zero-order valence-electron chi connectivity index (χ0n) is 17.7. The summed E-state index contributed by atoms with van der Waals surface area (Å²) < 4.78 is 42.6. The van der Waals surface area contributed by atoms with Crippen LogP contribution in [0.2, 0.25) is 0 Å². The summed E-state index contributed by atoms with van der Waals surface area (Å²) in [5, 5.41) is 15.9. The number of hydrogen-bond donors (Lipinski definition) is 3. The second-order valence-corrected chi connectivity index (χ2v) is 6.88. The Labute approximate surface area is 186 Å². The Morgan fingerprint density at radius 3 is 2.52 bits per heavy atom. The van der Waals surface area contributed by atoms with E-state index < -0.39 is 18.1 Å². The maximum atomic E-state index is 11.5. The van der Waals surface area contributed by atoms with Gasteiger partial charge in [-0.2, -0.15) is 13.2 Å². The van der Waals surface area contributed by atoms with Gasteiger partial charge >= 0.3 is 12.1 Å². The minimum Gasteiger partial charge on any atom is -0.475 e. The highest BCUT2D eigenvalue weighted by atomic mass is 19.4. The molecule has 3 rings (SSSR count). The van der Waals surface area contributed by atoms with Gasteiger partial charge in [0, 0.05) is 31.3 Å². The number of fused-ring (bicyclic) bond motifs is 1. The number of carboxylic acids is 1. The average molecular weight is 469 g/mol. The molecule has 0 aliphatic rings. The molecule has 0 saturated heterocycles. The first-order valence-corrected chi connectivity index (χ1v) is 9.47. The number of aliphatic carboxylic acids is 1. The molecule has 0 aliphatic carbocycles. The van der Waals surface area contributed by atoms with E-state index in [1.807, 2.05) is 25.2 Å². The number of benzene rings is 2. The van der Waals surface area contributed by atoms with Gasteiger partial charge in [0.25, 0.3) is 5.91 Å². The third kappa shape index (κ3) is 7.56. The van der Waals surface area contributed by atoms with E-state index >= 15 is 0 Å². The SMILES string of the molecule is COCCN(C)Cc1cccc(-c2nc3cc(C(=O)NO)ccc3o2)c1.O=C(O)C(F)(F)F. The van der Waals surface area contributed by atoms with Crippen molar-refractivity contribution in [1.29, 1.82) is 0 Å². The molecule has 0 bridgehead atoms. The molecule has 9 nitrogen and oxygen atoms in total. The van der Waals surface area contributed by atoms with Crippen LogP contribution < -0.4 is 5.48 Å². The number of hydrogen-bond acceptors (Lipinski definition) is 7. The van der Waals surface area contributed by atoms with Gasteiger partial charge < -0.3 is 14.3 Å². The molecule has 1 amide bonds. The number of halogens is 3. The van der Waals surface area contributed by atoms with Crippen molar-refractivity contribution in [3.8, 4) is 11.5 Å². The second kappa shape index (κ2) is 11.4. The Bertz CT molecular complexity index is 1100. The molecular weight excluding hydrogens is 447 g/mol. The lowest BCUT2D eigenvalue weighted by atomic mass is 10.1. The summed E-state index contributed by atoms with van der Waals surface area (Å²) in [5.41, 5.74) is 5.08. The number of carboxylic acid groups (broad SMARTS) is 1. The maximum absolute atomic E-state index is 11.5. The van der Waals surface area contributed by atoms with Crippen LogP contribution in [0.15, 0.2) is 46.9 Å². The number of likely N-dealkylation sites (N-methyl/N-ethyl adjacent to an activating group) is 1. The van der Waals surface area contributed by atoms with Gasteiger partial charge in [-0.25, -0.2) is 15.3 Å². The number of hydroxylamine groups is 1. The maximum Gasteiger partial charge on any atom is 0.490 e. The van der Waals surface area contributed by atoms with E-state index in [9.17, 15) is 18.0 Å². The second-order valence-electron chi connectivity index (χ2n) is 6.88. The monoisotopic (exact) mass is 469 g/mol. The largest absolute Gasteiger partial charge is 0.490 e. The molecule has 0 saturated carbocycles. The summed E-state index contributed by atoms with van der Waals surface area (Å²) in [6.07, 6.45) is -5.08. The van der Waals surface area contributed by atoms with E-state index in [1.54, 1.807) is 30.8 Å². The Morgan fingerprint density at radius 2 is 1.91 bits per heavy atom. The zero-order valence-corrected chi connectivity index (χ0v) is 17.7. The molecule has 0 radical (unpaired) electrons. The normalized spacial score (nSPS) is 11.2. The number of oxazole rings is 1. The first-order valence-electron chi connectivity index (χ1n) is 9.47. The third-order valence-electron chi connectivity index (χ3n) is 4.30. The standard InChI is InChI=1S/C19H21N3O4.C2HF3O2/c1-22(8-9-25-2)12-13-4-3-5-15(10-13)19-20-16-11-14(18(23)21-24)6-7-17(16)26-19;3-2(4,5)1(6)7/h3-7,10-11,24H,8-9,12H2,1-2H3,(H,21,23);(H,6,7). The van der Waals surface area contributed by atoms with Crippen molar-refractivity contribution in [2.75, 3.05) is 27.3 Å².